The molecule has 10 nitrogen and oxygen atoms in total. The number of benzene rings is 2. The predicted molar refractivity (Wildman–Crippen MR) is 197 cm³/mol. The Morgan fingerprint density at radius 2 is 1.32 bits per heavy atom. The van der Waals surface area contributed by atoms with Gasteiger partial charge in [0, 0.05) is 40.6 Å². The van der Waals surface area contributed by atoms with Crippen LogP contribution in [0.5, 0.6) is 0 Å². The van der Waals surface area contributed by atoms with Gasteiger partial charge in [0.15, 0.2) is 5.84 Å². The number of nitrogens with zero attached hydrogens (tertiary/aromatic N) is 5. The van der Waals surface area contributed by atoms with Crippen molar-refractivity contribution in [3.8, 4) is 35.2 Å². The fraction of sp³-hybridized carbons (Fsp3) is 0.250. The van der Waals surface area contributed by atoms with E-state index in [0.717, 1.165) is 44.1 Å². The summed E-state index contributed by atoms with van der Waals surface area (Å²) in [5.41, 5.74) is 9.01. The molecular weight excluding hydrogens is 702 g/mol. The standard InChI is InChI=1S/C20H16FN3O.C14H10FN3O.C6H10O2.ClH/c21-17-7-3-4-14(12-17)8-9-15-10-11-18(22-13-15)19-23-20(25-24-19)16-5-1-2-6-16;15-12-3-1-2-10(8-12)4-5-11-6-7-13(17-9-11)14(16)18-19;7-6(8)5-3-1-2-4-5;/h3-4,7,10-13,16H,1-2,5-6H2;1-3,6-9,19H,(H2,16,18);5H,1-4H2,(H,7,8);1H. The maximum Gasteiger partial charge on any atom is 0.306 e. The molecule has 5 aromatic rings. The minimum Gasteiger partial charge on any atom is -0.481 e. The second-order valence-corrected chi connectivity index (χ2v) is 12.1. The molecule has 0 atom stereocenters. The molecule has 53 heavy (non-hydrogen) atoms. The Kier molecular flexibility index (Phi) is 15.0. The molecule has 3 aromatic heterocycles. The van der Waals surface area contributed by atoms with Crippen molar-refractivity contribution in [2.45, 2.75) is 57.3 Å². The van der Waals surface area contributed by atoms with Gasteiger partial charge >= 0.3 is 5.97 Å². The first-order chi connectivity index (χ1) is 25.3. The molecule has 0 spiro atoms. The molecule has 0 bridgehead atoms. The lowest BCUT2D eigenvalue weighted by Gasteiger charge is -1.99. The summed E-state index contributed by atoms with van der Waals surface area (Å²) >= 11 is 0. The third-order valence-corrected chi connectivity index (χ3v) is 8.33. The molecule has 13 heteroatoms. The highest BCUT2D eigenvalue weighted by molar-refractivity contribution is 5.95. The highest BCUT2D eigenvalue weighted by Crippen LogP contribution is 2.33. The van der Waals surface area contributed by atoms with Gasteiger partial charge in [-0.25, -0.2) is 8.78 Å². The number of carboxylic acid groups (broad SMARTS) is 1. The van der Waals surface area contributed by atoms with Crippen molar-refractivity contribution >= 4 is 24.2 Å². The molecular formula is C40H37ClF2N6O4. The van der Waals surface area contributed by atoms with Crippen molar-refractivity contribution < 1.29 is 28.4 Å². The number of aromatic nitrogens is 4. The molecule has 2 fully saturated rings. The maximum atomic E-state index is 13.1. The second kappa shape index (κ2) is 20.1. The van der Waals surface area contributed by atoms with E-state index in [1.165, 1.54) is 43.3 Å². The molecule has 2 saturated carbocycles. The molecule has 4 N–H and O–H groups in total. The van der Waals surface area contributed by atoms with Gasteiger partial charge in [-0.15, -0.1) is 12.4 Å². The first-order valence-corrected chi connectivity index (χ1v) is 16.8. The number of hydrogen-bond acceptors (Lipinski definition) is 8. The van der Waals surface area contributed by atoms with Crippen LogP contribution in [0.2, 0.25) is 0 Å². The van der Waals surface area contributed by atoms with Crippen LogP contribution in [0.15, 0.2) is 94.9 Å². The summed E-state index contributed by atoms with van der Waals surface area (Å²) in [5, 5.41) is 23.8. The molecule has 0 radical (unpaired) electrons. The number of oxime groups is 1. The summed E-state index contributed by atoms with van der Waals surface area (Å²) in [6.45, 7) is 0. The van der Waals surface area contributed by atoms with Gasteiger partial charge in [-0.05, 0) is 86.3 Å². The van der Waals surface area contributed by atoms with Crippen LogP contribution in [-0.2, 0) is 4.79 Å². The SMILES string of the molecule is Cl.Fc1cccc(C#Cc2ccc(-c3noc(C4CCCC4)n3)nc2)c1.N/C(=N\O)c1ccc(C#Cc2cccc(F)c2)cn1.O=C(O)C1CCCC1. The minimum absolute atomic E-state index is 0. The zero-order valence-corrected chi connectivity index (χ0v) is 29.4. The number of aliphatic carboxylic acids is 1. The van der Waals surface area contributed by atoms with Crippen LogP contribution >= 0.6 is 12.4 Å². The van der Waals surface area contributed by atoms with Crippen molar-refractivity contribution in [2.24, 2.45) is 16.8 Å². The van der Waals surface area contributed by atoms with Crippen LogP contribution in [0.25, 0.3) is 11.5 Å². The molecule has 2 aromatic carbocycles. The minimum atomic E-state index is -0.609. The molecule has 0 aliphatic heterocycles. The van der Waals surface area contributed by atoms with Crippen LogP contribution in [0.1, 0.15) is 91.1 Å². The van der Waals surface area contributed by atoms with Gasteiger partial charge in [0.1, 0.15) is 23.0 Å². The summed E-state index contributed by atoms with van der Waals surface area (Å²) in [7, 11) is 0. The second-order valence-electron chi connectivity index (χ2n) is 12.1. The molecule has 0 amide bonds. The number of nitrogens with two attached hydrogens (primary N) is 1. The Morgan fingerprint density at radius 3 is 1.79 bits per heavy atom. The zero-order chi connectivity index (χ0) is 36.7. The van der Waals surface area contributed by atoms with Crippen LogP contribution in [0.4, 0.5) is 8.78 Å². The first kappa shape index (κ1) is 39.7. The van der Waals surface area contributed by atoms with E-state index in [-0.39, 0.29) is 35.8 Å². The van der Waals surface area contributed by atoms with Crippen LogP contribution in [-0.4, -0.2) is 42.2 Å². The smallest absolute Gasteiger partial charge is 0.306 e. The highest BCUT2D eigenvalue weighted by atomic mass is 35.5. The van der Waals surface area contributed by atoms with E-state index in [1.807, 2.05) is 12.1 Å². The van der Waals surface area contributed by atoms with Gasteiger partial charge in [0.2, 0.25) is 11.7 Å². The lowest BCUT2D eigenvalue weighted by molar-refractivity contribution is -0.141. The van der Waals surface area contributed by atoms with E-state index < -0.39 is 5.97 Å². The number of pyridine rings is 2. The Morgan fingerprint density at radius 1 is 0.774 bits per heavy atom. The topological polar surface area (TPSA) is 161 Å². The van der Waals surface area contributed by atoms with Crippen molar-refractivity contribution in [2.75, 3.05) is 0 Å². The monoisotopic (exact) mass is 738 g/mol. The Bertz CT molecular complexity index is 2110. The van der Waals surface area contributed by atoms with E-state index in [0.29, 0.717) is 45.7 Å². The van der Waals surface area contributed by atoms with Crippen molar-refractivity contribution in [3.05, 3.63) is 131 Å². The largest absolute Gasteiger partial charge is 0.481 e. The average molecular weight is 739 g/mol. The molecule has 2 aliphatic rings. The molecule has 0 unspecified atom stereocenters. The third kappa shape index (κ3) is 12.3. The van der Waals surface area contributed by atoms with E-state index in [4.69, 9.17) is 20.6 Å². The summed E-state index contributed by atoms with van der Waals surface area (Å²) in [6, 6.07) is 19.2. The van der Waals surface area contributed by atoms with Crippen LogP contribution < -0.4 is 5.73 Å². The number of rotatable bonds is 4. The van der Waals surface area contributed by atoms with Gasteiger partial charge in [-0.2, -0.15) is 4.98 Å². The van der Waals surface area contributed by atoms with Crippen molar-refractivity contribution in [1.29, 1.82) is 0 Å². The summed E-state index contributed by atoms with van der Waals surface area (Å²) in [4.78, 5) is 23.0. The van der Waals surface area contributed by atoms with Crippen LogP contribution in [0, 0.1) is 41.2 Å². The van der Waals surface area contributed by atoms with Gasteiger partial charge in [0.05, 0.1) is 5.92 Å². The van der Waals surface area contributed by atoms with Gasteiger partial charge < -0.3 is 20.6 Å². The van der Waals surface area contributed by atoms with Crippen molar-refractivity contribution in [3.63, 3.8) is 0 Å². The zero-order valence-electron chi connectivity index (χ0n) is 28.6. The lowest BCUT2D eigenvalue weighted by atomic mass is 10.1. The van der Waals surface area contributed by atoms with Crippen LogP contribution in [0.3, 0.4) is 0 Å². The molecule has 2 aliphatic carbocycles. The predicted octanol–water partition coefficient (Wildman–Crippen LogP) is 7.73. The number of carbonyl (C=O) groups is 1. The van der Waals surface area contributed by atoms with E-state index in [2.05, 4.69) is 48.9 Å². The number of halogens is 3. The Balaban J connectivity index is 0.000000198. The number of amidine groups is 1. The third-order valence-electron chi connectivity index (χ3n) is 8.33. The normalized spacial score (nSPS) is 13.8. The molecule has 0 saturated heterocycles. The summed E-state index contributed by atoms with van der Waals surface area (Å²) in [5.74, 6) is 11.9. The Labute approximate surface area is 312 Å². The van der Waals surface area contributed by atoms with Gasteiger partial charge in [-0.3, -0.25) is 14.8 Å². The maximum absolute atomic E-state index is 13.1. The number of hydrogen-bond donors (Lipinski definition) is 3. The fourth-order valence-electron chi connectivity index (χ4n) is 5.54. The first-order valence-electron chi connectivity index (χ1n) is 16.8. The highest BCUT2D eigenvalue weighted by Gasteiger charge is 2.23. The molecule has 3 heterocycles. The summed E-state index contributed by atoms with van der Waals surface area (Å²) < 4.78 is 31.5. The molecule has 272 valence electrons. The molecule has 7 rings (SSSR count). The van der Waals surface area contributed by atoms with Gasteiger partial charge in [0.25, 0.3) is 0 Å². The number of carboxylic acids is 1. The van der Waals surface area contributed by atoms with Gasteiger partial charge in [-0.1, -0.05) is 71.8 Å². The lowest BCUT2D eigenvalue weighted by Crippen LogP contribution is -2.14. The van der Waals surface area contributed by atoms with E-state index >= 15 is 0 Å². The van der Waals surface area contributed by atoms with E-state index in [9.17, 15) is 13.6 Å². The van der Waals surface area contributed by atoms with E-state index in [1.54, 1.807) is 42.6 Å². The fourth-order valence-corrected chi connectivity index (χ4v) is 5.54. The van der Waals surface area contributed by atoms with Crippen molar-refractivity contribution in [1.82, 2.24) is 20.1 Å². The average Bonchev–Trinajstić information content (AvgIpc) is 3.98. The Hall–Kier alpha value is -6.11. The quantitative estimate of drug-likeness (QED) is 0.0551. The summed E-state index contributed by atoms with van der Waals surface area (Å²) in [6.07, 6.45) is 11.8.